The molecule has 1 saturated carbocycles. The highest BCUT2D eigenvalue weighted by molar-refractivity contribution is 5.70. The van der Waals surface area contributed by atoms with Gasteiger partial charge >= 0.3 is 5.97 Å². The van der Waals surface area contributed by atoms with Gasteiger partial charge in [-0.2, -0.15) is 0 Å². The third kappa shape index (κ3) is 3.89. The van der Waals surface area contributed by atoms with Gasteiger partial charge in [0.25, 0.3) is 0 Å². The van der Waals surface area contributed by atoms with E-state index in [4.69, 9.17) is 0 Å². The van der Waals surface area contributed by atoms with Crippen molar-refractivity contribution in [3.63, 3.8) is 0 Å². The topological polar surface area (TPSA) is 40.5 Å². The fourth-order valence-electron chi connectivity index (χ4n) is 4.24. The number of rotatable bonds is 6. The molecule has 3 atom stereocenters. The zero-order chi connectivity index (χ0) is 15.4. The summed E-state index contributed by atoms with van der Waals surface area (Å²) in [7, 11) is 0. The van der Waals surface area contributed by atoms with E-state index < -0.39 is 5.97 Å². The maximum Gasteiger partial charge on any atom is 0.306 e. The minimum Gasteiger partial charge on any atom is -0.481 e. The number of nitrogens with zero attached hydrogens (tertiary/aromatic N) is 1. The fourth-order valence-corrected chi connectivity index (χ4v) is 4.24. The van der Waals surface area contributed by atoms with Crippen LogP contribution in [-0.4, -0.2) is 35.6 Å². The Morgan fingerprint density at radius 3 is 2.36 bits per heavy atom. The van der Waals surface area contributed by atoms with E-state index >= 15 is 0 Å². The maximum atomic E-state index is 11.5. The molecule has 1 aromatic rings. The van der Waals surface area contributed by atoms with Gasteiger partial charge in [-0.25, -0.2) is 0 Å². The van der Waals surface area contributed by atoms with E-state index in [2.05, 4.69) is 4.90 Å². The van der Waals surface area contributed by atoms with Crippen LogP contribution in [0, 0.1) is 17.8 Å². The number of benzene rings is 1. The zero-order valence-electron chi connectivity index (χ0n) is 13.3. The van der Waals surface area contributed by atoms with Gasteiger partial charge in [0.05, 0.1) is 5.92 Å². The van der Waals surface area contributed by atoms with Crippen molar-refractivity contribution in [1.29, 1.82) is 0 Å². The molecule has 1 saturated heterocycles. The maximum absolute atomic E-state index is 11.5. The predicted molar refractivity (Wildman–Crippen MR) is 87.8 cm³/mol. The Morgan fingerprint density at radius 2 is 1.77 bits per heavy atom. The lowest BCUT2D eigenvalue weighted by molar-refractivity contribution is -0.142. The Labute approximate surface area is 133 Å². The van der Waals surface area contributed by atoms with E-state index in [9.17, 15) is 9.90 Å². The second-order valence-corrected chi connectivity index (χ2v) is 7.08. The van der Waals surface area contributed by atoms with Crippen molar-refractivity contribution in [2.45, 2.75) is 38.5 Å². The Balaban J connectivity index is 1.51. The van der Waals surface area contributed by atoms with Crippen LogP contribution in [0.25, 0.3) is 0 Å². The second kappa shape index (κ2) is 7.28. The molecule has 1 unspecified atom stereocenters. The Kier molecular flexibility index (Phi) is 5.14. The molecule has 1 heterocycles. The van der Waals surface area contributed by atoms with Gasteiger partial charge < -0.3 is 10.0 Å². The van der Waals surface area contributed by atoms with Crippen molar-refractivity contribution < 1.29 is 9.90 Å². The molecule has 0 aromatic heterocycles. The molecule has 0 bridgehead atoms. The number of likely N-dealkylation sites (tertiary alicyclic amines) is 1. The smallest absolute Gasteiger partial charge is 0.306 e. The minimum absolute atomic E-state index is 0.259. The number of hydrogen-bond acceptors (Lipinski definition) is 2. The molecule has 2 aliphatic rings. The lowest BCUT2D eigenvalue weighted by Crippen LogP contribution is -2.27. The molecule has 1 N–H and O–H groups in total. The van der Waals surface area contributed by atoms with Crippen LogP contribution in [0.2, 0.25) is 0 Å². The average molecular weight is 301 g/mol. The summed E-state index contributed by atoms with van der Waals surface area (Å²) in [5.74, 6) is 0.850. The second-order valence-electron chi connectivity index (χ2n) is 7.08. The van der Waals surface area contributed by atoms with Gasteiger partial charge in [0.15, 0.2) is 0 Å². The van der Waals surface area contributed by atoms with Crippen LogP contribution < -0.4 is 0 Å². The quantitative estimate of drug-likeness (QED) is 0.875. The fraction of sp³-hybridized carbons (Fsp3) is 0.632. The summed E-state index contributed by atoms with van der Waals surface area (Å²) in [6, 6.07) is 10.0. The van der Waals surface area contributed by atoms with E-state index in [-0.39, 0.29) is 5.92 Å². The minimum atomic E-state index is -0.652. The van der Waals surface area contributed by atoms with E-state index in [1.165, 1.54) is 38.8 Å². The summed E-state index contributed by atoms with van der Waals surface area (Å²) < 4.78 is 0. The molecule has 22 heavy (non-hydrogen) atoms. The van der Waals surface area contributed by atoms with Gasteiger partial charge in [-0.15, -0.1) is 0 Å². The molecule has 1 aromatic carbocycles. The Bertz CT molecular complexity index is 473. The molecular formula is C19H27NO2. The first kappa shape index (κ1) is 15.5. The molecule has 1 aliphatic carbocycles. The van der Waals surface area contributed by atoms with E-state index in [0.29, 0.717) is 6.42 Å². The first-order chi connectivity index (χ1) is 10.7. The number of carboxylic acid groups (broad SMARTS) is 1. The number of carboxylic acids is 1. The third-order valence-electron chi connectivity index (χ3n) is 5.52. The monoisotopic (exact) mass is 301 g/mol. The normalized spacial score (nSPS) is 26.5. The summed E-state index contributed by atoms with van der Waals surface area (Å²) >= 11 is 0. The van der Waals surface area contributed by atoms with Gasteiger partial charge in [-0.05, 0) is 49.6 Å². The SMILES string of the molecule is O=C(O)[C@H](CCN1CC2CCCC[C@@H]2C1)Cc1ccccc1. The van der Waals surface area contributed by atoms with Crippen LogP contribution in [-0.2, 0) is 11.2 Å². The van der Waals surface area contributed by atoms with Crippen LogP contribution in [0.4, 0.5) is 0 Å². The van der Waals surface area contributed by atoms with Gasteiger partial charge in [-0.3, -0.25) is 4.79 Å². The molecule has 0 amide bonds. The van der Waals surface area contributed by atoms with Crippen LogP contribution in [0.1, 0.15) is 37.7 Å². The van der Waals surface area contributed by atoms with E-state index in [1.807, 2.05) is 30.3 Å². The Morgan fingerprint density at radius 1 is 1.14 bits per heavy atom. The van der Waals surface area contributed by atoms with Crippen LogP contribution in [0.3, 0.4) is 0 Å². The molecule has 0 spiro atoms. The van der Waals surface area contributed by atoms with E-state index in [0.717, 1.165) is 30.4 Å². The number of fused-ring (bicyclic) bond motifs is 1. The molecule has 1 aliphatic heterocycles. The number of hydrogen-bond donors (Lipinski definition) is 1. The van der Waals surface area contributed by atoms with Crippen LogP contribution >= 0.6 is 0 Å². The van der Waals surface area contributed by atoms with Crippen molar-refractivity contribution in [3.8, 4) is 0 Å². The molecular weight excluding hydrogens is 274 g/mol. The molecule has 3 nitrogen and oxygen atoms in total. The van der Waals surface area contributed by atoms with E-state index in [1.54, 1.807) is 0 Å². The number of carbonyl (C=O) groups is 1. The summed E-state index contributed by atoms with van der Waals surface area (Å²) in [4.78, 5) is 14.1. The average Bonchev–Trinajstić information content (AvgIpc) is 2.95. The summed E-state index contributed by atoms with van der Waals surface area (Å²) in [6.07, 6.45) is 6.96. The van der Waals surface area contributed by atoms with Gasteiger partial charge in [0, 0.05) is 13.1 Å². The third-order valence-corrected chi connectivity index (χ3v) is 5.52. The van der Waals surface area contributed by atoms with Crippen molar-refractivity contribution in [2.24, 2.45) is 17.8 Å². The summed E-state index contributed by atoms with van der Waals surface area (Å²) in [5, 5.41) is 9.50. The van der Waals surface area contributed by atoms with Crippen molar-refractivity contribution >= 4 is 5.97 Å². The highest BCUT2D eigenvalue weighted by atomic mass is 16.4. The first-order valence-corrected chi connectivity index (χ1v) is 8.71. The van der Waals surface area contributed by atoms with Crippen LogP contribution in [0.5, 0.6) is 0 Å². The largest absolute Gasteiger partial charge is 0.481 e. The van der Waals surface area contributed by atoms with Crippen molar-refractivity contribution in [1.82, 2.24) is 4.90 Å². The lowest BCUT2D eigenvalue weighted by Gasteiger charge is -2.23. The molecule has 0 radical (unpaired) electrons. The highest BCUT2D eigenvalue weighted by Crippen LogP contribution is 2.36. The molecule has 120 valence electrons. The lowest BCUT2D eigenvalue weighted by atomic mass is 9.82. The van der Waals surface area contributed by atoms with Crippen molar-refractivity contribution in [3.05, 3.63) is 35.9 Å². The molecule has 2 fully saturated rings. The number of aliphatic carboxylic acids is 1. The molecule has 3 heteroatoms. The zero-order valence-corrected chi connectivity index (χ0v) is 13.3. The summed E-state index contributed by atoms with van der Waals surface area (Å²) in [5.41, 5.74) is 1.13. The highest BCUT2D eigenvalue weighted by Gasteiger charge is 2.34. The van der Waals surface area contributed by atoms with Gasteiger partial charge in [-0.1, -0.05) is 43.2 Å². The van der Waals surface area contributed by atoms with Crippen LogP contribution in [0.15, 0.2) is 30.3 Å². The van der Waals surface area contributed by atoms with Gasteiger partial charge in [0.2, 0.25) is 0 Å². The molecule has 3 rings (SSSR count). The first-order valence-electron chi connectivity index (χ1n) is 8.71. The predicted octanol–water partition coefficient (Wildman–Crippen LogP) is 3.44. The Hall–Kier alpha value is -1.35. The van der Waals surface area contributed by atoms with Gasteiger partial charge in [0.1, 0.15) is 0 Å². The summed E-state index contributed by atoms with van der Waals surface area (Å²) in [6.45, 7) is 3.33. The van der Waals surface area contributed by atoms with Crippen molar-refractivity contribution in [2.75, 3.05) is 19.6 Å². The standard InChI is InChI=1S/C19H27NO2/c21-19(22)16(12-15-6-2-1-3-7-15)10-11-20-13-17-8-4-5-9-18(17)14-20/h1-3,6-7,16-18H,4-5,8-14H2,(H,21,22)/t16-,17-,18?/m1/s1.